The van der Waals surface area contributed by atoms with Crippen LogP contribution in [-0.2, 0) is 9.53 Å². The van der Waals surface area contributed by atoms with Crippen LogP contribution in [-0.4, -0.2) is 13.1 Å². The molecule has 15 heavy (non-hydrogen) atoms. The summed E-state index contributed by atoms with van der Waals surface area (Å²) < 4.78 is 5.42. The second-order valence-electron chi connectivity index (χ2n) is 2.89. The number of esters is 1. The Labute approximate surface area is 102 Å². The molecule has 4 heteroatoms. The minimum atomic E-state index is -0.257. The molecule has 0 fully saturated rings. The van der Waals surface area contributed by atoms with E-state index in [1.54, 1.807) is 12.1 Å². The Kier molecular flexibility index (Phi) is 4.85. The first kappa shape index (κ1) is 12.3. The number of rotatable bonds is 3. The number of hydrogen-bond donors (Lipinski definition) is 0. The van der Waals surface area contributed by atoms with E-state index in [4.69, 9.17) is 11.6 Å². The van der Waals surface area contributed by atoms with Gasteiger partial charge in [-0.3, -0.25) is 4.79 Å². The van der Waals surface area contributed by atoms with E-state index in [2.05, 4.69) is 20.7 Å². The van der Waals surface area contributed by atoms with Gasteiger partial charge in [-0.1, -0.05) is 39.7 Å². The average Bonchev–Trinajstić information content (AvgIpc) is 2.16. The number of hydrogen-bond acceptors (Lipinski definition) is 2. The largest absolute Gasteiger partial charge is 0.469 e. The summed E-state index contributed by atoms with van der Waals surface area (Å²) in [5.41, 5.74) is 0.943. The van der Waals surface area contributed by atoms with E-state index in [0.29, 0.717) is 5.02 Å². The first-order valence-electron chi connectivity index (χ1n) is 4.31. The topological polar surface area (TPSA) is 26.3 Å². The molecule has 0 aliphatic rings. The normalized spacial score (nSPS) is 10.6. The standard InChI is InChI=1S/C11H10BrClO2/c1-15-11(14)4-2-3-8-5-9(12)7-10(13)6-8/h2-3,5-7H,4H2,1H3. The summed E-state index contributed by atoms with van der Waals surface area (Å²) in [4.78, 5) is 10.8. The molecule has 0 aliphatic carbocycles. The Morgan fingerprint density at radius 1 is 1.53 bits per heavy atom. The third-order valence-corrected chi connectivity index (χ3v) is 2.38. The molecule has 0 saturated heterocycles. The lowest BCUT2D eigenvalue weighted by Gasteiger charge is -1.97. The predicted molar refractivity (Wildman–Crippen MR) is 64.8 cm³/mol. The maximum atomic E-state index is 10.8. The molecular weight excluding hydrogens is 279 g/mol. The number of carbonyl (C=O) groups is 1. The maximum Gasteiger partial charge on any atom is 0.309 e. The molecule has 1 aromatic rings. The van der Waals surface area contributed by atoms with E-state index < -0.39 is 0 Å². The lowest BCUT2D eigenvalue weighted by atomic mass is 10.2. The van der Waals surface area contributed by atoms with Gasteiger partial charge in [-0.25, -0.2) is 0 Å². The highest BCUT2D eigenvalue weighted by atomic mass is 79.9. The molecule has 80 valence electrons. The van der Waals surface area contributed by atoms with Crippen molar-refractivity contribution in [2.75, 3.05) is 7.11 Å². The monoisotopic (exact) mass is 288 g/mol. The summed E-state index contributed by atoms with van der Waals surface area (Å²) in [6.45, 7) is 0. The molecule has 2 nitrogen and oxygen atoms in total. The molecule has 0 unspecified atom stereocenters. The van der Waals surface area contributed by atoms with Crippen molar-refractivity contribution in [3.05, 3.63) is 39.3 Å². The van der Waals surface area contributed by atoms with E-state index in [9.17, 15) is 4.79 Å². The summed E-state index contributed by atoms with van der Waals surface area (Å²) in [6.07, 6.45) is 3.83. The summed E-state index contributed by atoms with van der Waals surface area (Å²) in [5, 5.41) is 0.655. The van der Waals surface area contributed by atoms with Crippen molar-refractivity contribution < 1.29 is 9.53 Å². The Hall–Kier alpha value is -0.800. The van der Waals surface area contributed by atoms with Gasteiger partial charge < -0.3 is 4.74 Å². The van der Waals surface area contributed by atoms with Crippen LogP contribution >= 0.6 is 27.5 Å². The van der Waals surface area contributed by atoms with Gasteiger partial charge >= 0.3 is 5.97 Å². The van der Waals surface area contributed by atoms with Gasteiger partial charge in [0.1, 0.15) is 0 Å². The van der Waals surface area contributed by atoms with Gasteiger partial charge in [0.05, 0.1) is 13.5 Å². The van der Waals surface area contributed by atoms with E-state index in [1.165, 1.54) is 7.11 Å². The SMILES string of the molecule is COC(=O)CC=Cc1cc(Cl)cc(Br)c1. The summed E-state index contributed by atoms with van der Waals surface area (Å²) in [5.74, 6) is -0.257. The molecule has 0 amide bonds. The number of carbonyl (C=O) groups excluding carboxylic acids is 1. The Morgan fingerprint density at radius 3 is 2.87 bits per heavy atom. The molecule has 0 aliphatic heterocycles. The maximum absolute atomic E-state index is 10.8. The first-order valence-corrected chi connectivity index (χ1v) is 5.48. The fourth-order valence-corrected chi connectivity index (χ4v) is 1.93. The molecule has 0 spiro atoms. The third kappa shape index (κ3) is 4.49. The van der Waals surface area contributed by atoms with Crippen LogP contribution < -0.4 is 0 Å². The van der Waals surface area contributed by atoms with Crippen LogP contribution in [0.15, 0.2) is 28.7 Å². The summed E-state index contributed by atoms with van der Waals surface area (Å²) in [6, 6.07) is 5.54. The molecule has 1 aromatic carbocycles. The zero-order valence-corrected chi connectivity index (χ0v) is 10.5. The number of methoxy groups -OCH3 is 1. The van der Waals surface area contributed by atoms with Crippen LogP contribution in [0.5, 0.6) is 0 Å². The van der Waals surface area contributed by atoms with E-state index in [-0.39, 0.29) is 12.4 Å². The van der Waals surface area contributed by atoms with Crippen LogP contribution in [0.25, 0.3) is 6.08 Å². The zero-order chi connectivity index (χ0) is 11.3. The number of ether oxygens (including phenoxy) is 1. The van der Waals surface area contributed by atoms with E-state index >= 15 is 0 Å². The lowest BCUT2D eigenvalue weighted by molar-refractivity contribution is -0.139. The molecule has 0 saturated carbocycles. The number of benzene rings is 1. The Bertz CT molecular complexity index is 368. The van der Waals surface area contributed by atoms with Crippen molar-refractivity contribution >= 4 is 39.6 Å². The van der Waals surface area contributed by atoms with Crippen molar-refractivity contribution in [1.29, 1.82) is 0 Å². The van der Waals surface area contributed by atoms with Crippen molar-refractivity contribution in [2.24, 2.45) is 0 Å². The minimum Gasteiger partial charge on any atom is -0.469 e. The molecule has 0 radical (unpaired) electrons. The fraction of sp³-hybridized carbons (Fsp3) is 0.182. The average molecular weight is 290 g/mol. The molecular formula is C11H10BrClO2. The van der Waals surface area contributed by atoms with Gasteiger partial charge in [0.15, 0.2) is 0 Å². The van der Waals surface area contributed by atoms with Gasteiger partial charge in [-0.2, -0.15) is 0 Å². The van der Waals surface area contributed by atoms with Crippen molar-refractivity contribution in [2.45, 2.75) is 6.42 Å². The van der Waals surface area contributed by atoms with E-state index in [0.717, 1.165) is 10.0 Å². The lowest BCUT2D eigenvalue weighted by Crippen LogP contribution is -1.96. The van der Waals surface area contributed by atoms with Crippen LogP contribution in [0.4, 0.5) is 0 Å². The van der Waals surface area contributed by atoms with Crippen molar-refractivity contribution in [1.82, 2.24) is 0 Å². The van der Waals surface area contributed by atoms with Crippen LogP contribution in [0.3, 0.4) is 0 Å². The highest BCUT2D eigenvalue weighted by Gasteiger charge is 1.96. The highest BCUT2D eigenvalue weighted by molar-refractivity contribution is 9.10. The van der Waals surface area contributed by atoms with Crippen LogP contribution in [0, 0.1) is 0 Å². The molecule has 1 rings (SSSR count). The molecule has 0 N–H and O–H groups in total. The Morgan fingerprint density at radius 2 is 2.27 bits per heavy atom. The molecule has 0 atom stereocenters. The summed E-state index contributed by atoms with van der Waals surface area (Å²) >= 11 is 9.20. The second-order valence-corrected chi connectivity index (χ2v) is 4.24. The second kappa shape index (κ2) is 5.93. The predicted octanol–water partition coefficient (Wildman–Crippen LogP) is 3.68. The Balaban J connectivity index is 2.68. The van der Waals surface area contributed by atoms with Gasteiger partial charge in [-0.05, 0) is 23.8 Å². The van der Waals surface area contributed by atoms with Gasteiger partial charge in [0.2, 0.25) is 0 Å². The first-order chi connectivity index (χ1) is 7.11. The zero-order valence-electron chi connectivity index (χ0n) is 8.17. The minimum absolute atomic E-state index is 0.257. The van der Waals surface area contributed by atoms with Gasteiger partial charge in [-0.15, -0.1) is 0 Å². The van der Waals surface area contributed by atoms with Gasteiger partial charge in [0.25, 0.3) is 0 Å². The quantitative estimate of drug-likeness (QED) is 0.794. The molecule has 0 heterocycles. The smallest absolute Gasteiger partial charge is 0.309 e. The molecule has 0 bridgehead atoms. The summed E-state index contributed by atoms with van der Waals surface area (Å²) in [7, 11) is 1.37. The van der Waals surface area contributed by atoms with Crippen molar-refractivity contribution in [3.63, 3.8) is 0 Å². The number of halogens is 2. The van der Waals surface area contributed by atoms with Crippen LogP contribution in [0.1, 0.15) is 12.0 Å². The fourth-order valence-electron chi connectivity index (χ4n) is 1.05. The molecule has 0 aromatic heterocycles. The third-order valence-electron chi connectivity index (χ3n) is 1.71. The van der Waals surface area contributed by atoms with Gasteiger partial charge in [0, 0.05) is 9.50 Å². The van der Waals surface area contributed by atoms with E-state index in [1.807, 2.05) is 18.2 Å². The van der Waals surface area contributed by atoms with Crippen molar-refractivity contribution in [3.8, 4) is 0 Å². The van der Waals surface area contributed by atoms with Crippen LogP contribution in [0.2, 0.25) is 5.02 Å². The highest BCUT2D eigenvalue weighted by Crippen LogP contribution is 2.20.